The van der Waals surface area contributed by atoms with E-state index in [1.165, 1.54) is 26.5 Å². The molecule has 0 bridgehead atoms. The fourth-order valence-corrected chi connectivity index (χ4v) is 2.12. The number of pyridine rings is 1. The van der Waals surface area contributed by atoms with Gasteiger partial charge in [0.2, 0.25) is 0 Å². The Labute approximate surface area is 120 Å². The van der Waals surface area contributed by atoms with Crippen molar-refractivity contribution in [2.24, 2.45) is 0 Å². The molecule has 2 rings (SSSR count). The summed E-state index contributed by atoms with van der Waals surface area (Å²) in [5, 5.41) is 9.19. The molecule has 1 aromatic heterocycles. The zero-order valence-corrected chi connectivity index (χ0v) is 11.6. The highest BCUT2D eigenvalue weighted by Crippen LogP contribution is 2.41. The van der Waals surface area contributed by atoms with E-state index >= 15 is 0 Å². The van der Waals surface area contributed by atoms with Gasteiger partial charge in [-0.05, 0) is 18.2 Å². The molecule has 1 aromatic carbocycles. The van der Waals surface area contributed by atoms with E-state index in [0.29, 0.717) is 27.6 Å². The number of methoxy groups -OCH3 is 2. The summed E-state index contributed by atoms with van der Waals surface area (Å²) in [6, 6.07) is 6.57. The molecule has 20 heavy (non-hydrogen) atoms. The monoisotopic (exact) mass is 293 g/mol. The standard InChI is InChI=1S/C14H12ClNO4/c1-19-11-6-4-9(13(20-2)12(11)15)8-3-5-10(14(17)18)16-7-8/h3-7H,1-2H3,(H,17,18). The second kappa shape index (κ2) is 5.79. The van der Waals surface area contributed by atoms with E-state index in [9.17, 15) is 4.79 Å². The lowest BCUT2D eigenvalue weighted by atomic mass is 10.1. The first-order valence-corrected chi connectivity index (χ1v) is 6.06. The quantitative estimate of drug-likeness (QED) is 0.938. The van der Waals surface area contributed by atoms with Crippen LogP contribution in [0.3, 0.4) is 0 Å². The first-order valence-electron chi connectivity index (χ1n) is 5.68. The van der Waals surface area contributed by atoms with E-state index < -0.39 is 5.97 Å². The van der Waals surface area contributed by atoms with Crippen LogP contribution in [0.4, 0.5) is 0 Å². The molecule has 0 aliphatic rings. The number of ether oxygens (including phenoxy) is 2. The number of aromatic carboxylic acids is 1. The van der Waals surface area contributed by atoms with Crippen LogP contribution in [-0.4, -0.2) is 30.3 Å². The number of halogens is 1. The highest BCUT2D eigenvalue weighted by atomic mass is 35.5. The third-order valence-electron chi connectivity index (χ3n) is 2.78. The van der Waals surface area contributed by atoms with Gasteiger partial charge in [-0.3, -0.25) is 0 Å². The molecule has 6 heteroatoms. The van der Waals surface area contributed by atoms with Crippen LogP contribution >= 0.6 is 11.6 Å². The molecule has 0 spiro atoms. The van der Waals surface area contributed by atoms with Crippen molar-refractivity contribution in [3.05, 3.63) is 41.2 Å². The SMILES string of the molecule is COc1ccc(-c2ccc(C(=O)O)nc2)c(OC)c1Cl. The molecule has 0 unspecified atom stereocenters. The summed E-state index contributed by atoms with van der Waals surface area (Å²) >= 11 is 6.18. The first kappa shape index (κ1) is 14.1. The van der Waals surface area contributed by atoms with Gasteiger partial charge in [0.1, 0.15) is 22.2 Å². The van der Waals surface area contributed by atoms with Gasteiger partial charge in [-0.2, -0.15) is 0 Å². The third kappa shape index (κ3) is 2.53. The number of carboxylic acid groups (broad SMARTS) is 1. The van der Waals surface area contributed by atoms with Gasteiger partial charge in [-0.1, -0.05) is 17.7 Å². The number of hydrogen-bond donors (Lipinski definition) is 1. The van der Waals surface area contributed by atoms with E-state index in [2.05, 4.69) is 4.98 Å². The van der Waals surface area contributed by atoms with Gasteiger partial charge in [0, 0.05) is 17.3 Å². The van der Waals surface area contributed by atoms with E-state index in [-0.39, 0.29) is 5.69 Å². The van der Waals surface area contributed by atoms with Gasteiger partial charge in [0.15, 0.2) is 0 Å². The zero-order valence-electron chi connectivity index (χ0n) is 10.9. The molecule has 0 fully saturated rings. The maximum Gasteiger partial charge on any atom is 0.354 e. The Morgan fingerprint density at radius 3 is 2.45 bits per heavy atom. The number of hydrogen-bond acceptors (Lipinski definition) is 4. The normalized spacial score (nSPS) is 10.2. The summed E-state index contributed by atoms with van der Waals surface area (Å²) in [5.41, 5.74) is 1.39. The number of benzene rings is 1. The molecule has 1 heterocycles. The maximum atomic E-state index is 10.8. The molecular formula is C14H12ClNO4. The topological polar surface area (TPSA) is 68.7 Å². The van der Waals surface area contributed by atoms with Gasteiger partial charge in [0.05, 0.1) is 14.2 Å². The zero-order chi connectivity index (χ0) is 14.7. The van der Waals surface area contributed by atoms with Crippen LogP contribution in [0, 0.1) is 0 Å². The molecule has 0 atom stereocenters. The van der Waals surface area contributed by atoms with Crippen LogP contribution in [-0.2, 0) is 0 Å². The molecule has 0 radical (unpaired) electrons. The molecule has 104 valence electrons. The van der Waals surface area contributed by atoms with Gasteiger partial charge in [-0.25, -0.2) is 9.78 Å². The Bertz CT molecular complexity index is 640. The minimum atomic E-state index is -1.07. The van der Waals surface area contributed by atoms with Crippen molar-refractivity contribution in [2.45, 2.75) is 0 Å². The lowest BCUT2D eigenvalue weighted by Crippen LogP contribution is -1.99. The minimum absolute atomic E-state index is 0.0210. The second-order valence-corrected chi connectivity index (χ2v) is 4.28. The summed E-state index contributed by atoms with van der Waals surface area (Å²) in [5.74, 6) is -0.116. The van der Waals surface area contributed by atoms with Crippen LogP contribution in [0.1, 0.15) is 10.5 Å². The van der Waals surface area contributed by atoms with Crippen LogP contribution in [0.2, 0.25) is 5.02 Å². The second-order valence-electron chi connectivity index (χ2n) is 3.90. The Hall–Kier alpha value is -2.27. The lowest BCUT2D eigenvalue weighted by molar-refractivity contribution is 0.0690. The van der Waals surface area contributed by atoms with Gasteiger partial charge in [-0.15, -0.1) is 0 Å². The lowest BCUT2D eigenvalue weighted by Gasteiger charge is -2.13. The van der Waals surface area contributed by atoms with Crippen molar-refractivity contribution < 1.29 is 19.4 Å². The minimum Gasteiger partial charge on any atom is -0.495 e. The molecule has 0 saturated carbocycles. The largest absolute Gasteiger partial charge is 0.495 e. The summed E-state index contributed by atoms with van der Waals surface area (Å²) in [6.07, 6.45) is 1.46. The number of aromatic nitrogens is 1. The predicted octanol–water partition coefficient (Wildman–Crippen LogP) is 3.12. The Morgan fingerprint density at radius 1 is 1.20 bits per heavy atom. The van der Waals surface area contributed by atoms with Crippen LogP contribution in [0.5, 0.6) is 11.5 Å². The molecule has 2 aromatic rings. The van der Waals surface area contributed by atoms with Crippen molar-refractivity contribution in [1.82, 2.24) is 4.98 Å². The van der Waals surface area contributed by atoms with Crippen molar-refractivity contribution in [2.75, 3.05) is 14.2 Å². The molecule has 0 aliphatic heterocycles. The van der Waals surface area contributed by atoms with Gasteiger partial charge >= 0.3 is 5.97 Å². The van der Waals surface area contributed by atoms with Crippen molar-refractivity contribution >= 4 is 17.6 Å². The van der Waals surface area contributed by atoms with Crippen LogP contribution in [0.15, 0.2) is 30.5 Å². The first-order chi connectivity index (χ1) is 9.58. The van der Waals surface area contributed by atoms with E-state index in [1.54, 1.807) is 18.2 Å². The third-order valence-corrected chi connectivity index (χ3v) is 3.14. The summed E-state index contributed by atoms with van der Waals surface area (Å²) in [4.78, 5) is 14.7. The van der Waals surface area contributed by atoms with E-state index in [1.807, 2.05) is 0 Å². The Kier molecular flexibility index (Phi) is 4.10. The number of carboxylic acids is 1. The van der Waals surface area contributed by atoms with Crippen molar-refractivity contribution in [3.63, 3.8) is 0 Å². The Morgan fingerprint density at radius 2 is 1.95 bits per heavy atom. The van der Waals surface area contributed by atoms with Gasteiger partial charge in [0.25, 0.3) is 0 Å². The summed E-state index contributed by atoms with van der Waals surface area (Å²) in [6.45, 7) is 0. The Balaban J connectivity index is 2.52. The van der Waals surface area contributed by atoms with Crippen LogP contribution < -0.4 is 9.47 Å². The maximum absolute atomic E-state index is 10.8. The molecule has 0 aliphatic carbocycles. The van der Waals surface area contributed by atoms with Gasteiger partial charge < -0.3 is 14.6 Å². The highest BCUT2D eigenvalue weighted by Gasteiger charge is 2.15. The fraction of sp³-hybridized carbons (Fsp3) is 0.143. The van der Waals surface area contributed by atoms with Crippen molar-refractivity contribution in [1.29, 1.82) is 0 Å². The number of rotatable bonds is 4. The van der Waals surface area contributed by atoms with Crippen molar-refractivity contribution in [3.8, 4) is 22.6 Å². The summed E-state index contributed by atoms with van der Waals surface area (Å²) in [7, 11) is 3.02. The average Bonchev–Trinajstić information content (AvgIpc) is 2.47. The molecule has 0 saturated heterocycles. The smallest absolute Gasteiger partial charge is 0.354 e. The molecule has 1 N–H and O–H groups in total. The molecule has 5 nitrogen and oxygen atoms in total. The fourth-order valence-electron chi connectivity index (χ4n) is 1.80. The molecule has 0 amide bonds. The van der Waals surface area contributed by atoms with Crippen LogP contribution in [0.25, 0.3) is 11.1 Å². The summed E-state index contributed by atoms with van der Waals surface area (Å²) < 4.78 is 10.4. The predicted molar refractivity (Wildman–Crippen MR) is 74.7 cm³/mol. The number of carbonyl (C=O) groups is 1. The van der Waals surface area contributed by atoms with E-state index in [0.717, 1.165) is 0 Å². The number of nitrogens with zero attached hydrogens (tertiary/aromatic N) is 1. The van der Waals surface area contributed by atoms with E-state index in [4.69, 9.17) is 26.2 Å². The highest BCUT2D eigenvalue weighted by molar-refractivity contribution is 6.34. The average molecular weight is 294 g/mol. The molecular weight excluding hydrogens is 282 g/mol.